The minimum atomic E-state index is -1.31. The highest BCUT2D eigenvalue weighted by atomic mass is 16.5. The third kappa shape index (κ3) is 4.68. The first-order valence-electron chi connectivity index (χ1n) is 8.94. The van der Waals surface area contributed by atoms with Gasteiger partial charge in [0.1, 0.15) is 12.5 Å². The highest BCUT2D eigenvalue weighted by molar-refractivity contribution is 6.05. The van der Waals surface area contributed by atoms with Crippen LogP contribution in [-0.4, -0.2) is 45.2 Å². The number of rotatable bonds is 6. The summed E-state index contributed by atoms with van der Waals surface area (Å²) in [4.78, 5) is 49.1. The van der Waals surface area contributed by atoms with E-state index >= 15 is 0 Å². The molecule has 160 valence electrons. The van der Waals surface area contributed by atoms with Crippen LogP contribution in [0.4, 0.5) is 0 Å². The summed E-state index contributed by atoms with van der Waals surface area (Å²) >= 11 is 0. The summed E-state index contributed by atoms with van der Waals surface area (Å²) in [6, 6.07) is 6.28. The molecule has 0 unspecified atom stereocenters. The van der Waals surface area contributed by atoms with Gasteiger partial charge in [0, 0.05) is 11.4 Å². The number of methoxy groups -OCH3 is 3. The highest BCUT2D eigenvalue weighted by Gasteiger charge is 2.42. The van der Waals surface area contributed by atoms with Gasteiger partial charge in [-0.05, 0) is 31.5 Å². The molecule has 30 heavy (non-hydrogen) atoms. The van der Waals surface area contributed by atoms with Crippen molar-refractivity contribution in [2.45, 2.75) is 20.5 Å². The van der Waals surface area contributed by atoms with Crippen molar-refractivity contribution in [2.24, 2.45) is 5.92 Å². The predicted octanol–water partition coefficient (Wildman–Crippen LogP) is 1.63. The Labute approximate surface area is 173 Å². The van der Waals surface area contributed by atoms with Crippen LogP contribution in [0.5, 0.6) is 0 Å². The number of hydrogen-bond acceptors (Lipinski definition) is 9. The first-order chi connectivity index (χ1) is 14.2. The van der Waals surface area contributed by atoms with Crippen molar-refractivity contribution < 1.29 is 38.1 Å². The van der Waals surface area contributed by atoms with E-state index in [-0.39, 0.29) is 17.8 Å². The molecule has 9 nitrogen and oxygen atoms in total. The third-order valence-electron chi connectivity index (χ3n) is 4.56. The molecule has 1 aliphatic rings. The number of nitrogens with one attached hydrogen (secondary N) is 1. The second-order valence-electron chi connectivity index (χ2n) is 6.41. The molecule has 0 atom stereocenters. The molecule has 1 aliphatic heterocycles. The van der Waals surface area contributed by atoms with E-state index in [0.29, 0.717) is 22.5 Å². The van der Waals surface area contributed by atoms with Crippen LogP contribution >= 0.6 is 0 Å². The van der Waals surface area contributed by atoms with Gasteiger partial charge in [-0.15, -0.1) is 0 Å². The molecule has 2 rings (SSSR count). The molecule has 0 amide bonds. The fraction of sp³-hybridized carbons (Fsp3) is 0.333. The molecule has 0 aromatic heterocycles. The topological polar surface area (TPSA) is 117 Å². The first kappa shape index (κ1) is 22.7. The SMILES string of the molecule is COC(=O)C1=C(C)NC(C)=C(C(=O)OC)C1C(=O)OCc1ccc(C(=O)OC)cc1. The lowest BCUT2D eigenvalue weighted by Gasteiger charge is -2.28. The molecule has 0 aliphatic carbocycles. The van der Waals surface area contributed by atoms with Crippen LogP contribution in [0.1, 0.15) is 29.8 Å². The van der Waals surface area contributed by atoms with Crippen molar-refractivity contribution in [3.8, 4) is 0 Å². The van der Waals surface area contributed by atoms with Gasteiger partial charge in [-0.1, -0.05) is 12.1 Å². The Hall–Kier alpha value is -3.62. The fourth-order valence-corrected chi connectivity index (χ4v) is 3.08. The summed E-state index contributed by atoms with van der Waals surface area (Å²) in [7, 11) is 3.63. The van der Waals surface area contributed by atoms with Crippen LogP contribution in [0.15, 0.2) is 46.8 Å². The van der Waals surface area contributed by atoms with Crippen LogP contribution in [0.3, 0.4) is 0 Å². The maximum Gasteiger partial charge on any atom is 0.337 e. The Kier molecular flexibility index (Phi) is 7.35. The van der Waals surface area contributed by atoms with Crippen molar-refractivity contribution in [1.29, 1.82) is 0 Å². The molecule has 1 aromatic carbocycles. The lowest BCUT2D eigenvalue weighted by Crippen LogP contribution is -2.37. The number of ether oxygens (including phenoxy) is 4. The molecular weight excluding hydrogens is 394 g/mol. The summed E-state index contributed by atoms with van der Waals surface area (Å²) in [6.45, 7) is 3.05. The van der Waals surface area contributed by atoms with Gasteiger partial charge < -0.3 is 24.3 Å². The minimum absolute atomic E-state index is 0.0328. The lowest BCUT2D eigenvalue weighted by molar-refractivity contribution is -0.152. The maximum atomic E-state index is 12.9. The van der Waals surface area contributed by atoms with Crippen molar-refractivity contribution in [3.63, 3.8) is 0 Å². The molecule has 9 heteroatoms. The standard InChI is InChI=1S/C21H23NO8/c1-11-15(19(24)28-4)17(16(12(2)22-11)20(25)29-5)21(26)30-10-13-6-8-14(9-7-13)18(23)27-3/h6-9,17,22H,10H2,1-5H3. The zero-order chi connectivity index (χ0) is 22.4. The fourth-order valence-electron chi connectivity index (χ4n) is 3.08. The second-order valence-corrected chi connectivity index (χ2v) is 6.41. The van der Waals surface area contributed by atoms with Gasteiger partial charge >= 0.3 is 23.9 Å². The van der Waals surface area contributed by atoms with Gasteiger partial charge in [-0.25, -0.2) is 14.4 Å². The van der Waals surface area contributed by atoms with Crippen molar-refractivity contribution in [1.82, 2.24) is 5.32 Å². The molecule has 1 aromatic rings. The van der Waals surface area contributed by atoms with E-state index in [1.165, 1.54) is 33.5 Å². The van der Waals surface area contributed by atoms with Gasteiger partial charge in [0.05, 0.1) is 38.0 Å². The average molecular weight is 417 g/mol. The Balaban J connectivity index is 2.29. The second kappa shape index (κ2) is 9.73. The number of carbonyl (C=O) groups is 4. The zero-order valence-electron chi connectivity index (χ0n) is 17.4. The first-order valence-corrected chi connectivity index (χ1v) is 8.94. The third-order valence-corrected chi connectivity index (χ3v) is 4.56. The van der Waals surface area contributed by atoms with Crippen molar-refractivity contribution in [2.75, 3.05) is 21.3 Å². The molecule has 1 N–H and O–H groups in total. The van der Waals surface area contributed by atoms with Crippen LogP contribution in [0, 0.1) is 5.92 Å². The van der Waals surface area contributed by atoms with E-state index < -0.39 is 29.8 Å². The smallest absolute Gasteiger partial charge is 0.337 e. The van der Waals surface area contributed by atoms with E-state index in [9.17, 15) is 19.2 Å². The number of carbonyl (C=O) groups excluding carboxylic acids is 4. The Morgan fingerprint density at radius 1 is 0.800 bits per heavy atom. The molecule has 0 spiro atoms. The zero-order valence-corrected chi connectivity index (χ0v) is 17.4. The van der Waals surface area contributed by atoms with Gasteiger partial charge in [-0.3, -0.25) is 4.79 Å². The largest absolute Gasteiger partial charge is 0.466 e. The lowest BCUT2D eigenvalue weighted by atomic mass is 9.85. The number of allylic oxidation sites excluding steroid dienone is 2. The minimum Gasteiger partial charge on any atom is -0.466 e. The summed E-state index contributed by atoms with van der Waals surface area (Å²) in [6.07, 6.45) is 0. The summed E-state index contributed by atoms with van der Waals surface area (Å²) in [5.74, 6) is -4.13. The molecule has 0 saturated heterocycles. The Bertz CT molecular complexity index is 889. The quantitative estimate of drug-likeness (QED) is 0.544. The molecule has 0 saturated carbocycles. The molecular formula is C21H23NO8. The predicted molar refractivity (Wildman–Crippen MR) is 104 cm³/mol. The van der Waals surface area contributed by atoms with Gasteiger partial charge in [0.15, 0.2) is 0 Å². The van der Waals surface area contributed by atoms with E-state index in [4.69, 9.17) is 14.2 Å². The number of dihydropyridines is 1. The molecule has 0 fully saturated rings. The maximum absolute atomic E-state index is 12.9. The van der Waals surface area contributed by atoms with Gasteiger partial charge in [-0.2, -0.15) is 0 Å². The summed E-state index contributed by atoms with van der Waals surface area (Å²) in [5, 5.41) is 2.90. The van der Waals surface area contributed by atoms with Crippen molar-refractivity contribution in [3.05, 3.63) is 57.9 Å². The summed E-state index contributed by atoms with van der Waals surface area (Å²) < 4.78 is 19.6. The molecule has 0 bridgehead atoms. The number of hydrogen-bond donors (Lipinski definition) is 1. The van der Waals surface area contributed by atoms with Gasteiger partial charge in [0.25, 0.3) is 0 Å². The van der Waals surface area contributed by atoms with Crippen LogP contribution < -0.4 is 5.32 Å². The monoisotopic (exact) mass is 417 g/mol. The van der Waals surface area contributed by atoms with Crippen molar-refractivity contribution >= 4 is 23.9 Å². The number of esters is 4. The van der Waals surface area contributed by atoms with E-state index in [1.807, 2.05) is 0 Å². The number of benzene rings is 1. The van der Waals surface area contributed by atoms with Crippen LogP contribution in [0.25, 0.3) is 0 Å². The molecule has 0 radical (unpaired) electrons. The van der Waals surface area contributed by atoms with E-state index in [0.717, 1.165) is 0 Å². The highest BCUT2D eigenvalue weighted by Crippen LogP contribution is 2.32. The Morgan fingerprint density at radius 2 is 1.27 bits per heavy atom. The van der Waals surface area contributed by atoms with E-state index in [1.54, 1.807) is 26.0 Å². The van der Waals surface area contributed by atoms with Crippen LogP contribution in [0.2, 0.25) is 0 Å². The normalized spacial score (nSPS) is 14.0. The molecule has 1 heterocycles. The Morgan fingerprint density at radius 3 is 1.70 bits per heavy atom. The summed E-state index contributed by atoms with van der Waals surface area (Å²) in [5.41, 5.74) is 1.63. The average Bonchev–Trinajstić information content (AvgIpc) is 2.75. The van der Waals surface area contributed by atoms with E-state index in [2.05, 4.69) is 10.1 Å². The van der Waals surface area contributed by atoms with Crippen LogP contribution in [-0.2, 0) is 39.9 Å². The van der Waals surface area contributed by atoms with Gasteiger partial charge in [0.2, 0.25) is 0 Å².